The van der Waals surface area contributed by atoms with Crippen LogP contribution >= 0.6 is 0 Å². The number of methoxy groups -OCH3 is 1. The van der Waals surface area contributed by atoms with Crippen LogP contribution in [-0.2, 0) is 11.3 Å². The number of rotatable bonds is 4. The van der Waals surface area contributed by atoms with Crippen LogP contribution in [0.4, 0.5) is 21.7 Å². The van der Waals surface area contributed by atoms with E-state index in [9.17, 15) is 4.39 Å². The Morgan fingerprint density at radius 3 is 2.95 bits per heavy atom. The number of nitrogen functional groups attached to an aromatic ring is 1. The van der Waals surface area contributed by atoms with E-state index in [0.29, 0.717) is 17.3 Å². The molecule has 0 aliphatic heterocycles. The lowest BCUT2D eigenvalue weighted by Gasteiger charge is -2.09. The molecule has 2 aromatic rings. The van der Waals surface area contributed by atoms with Crippen molar-refractivity contribution in [1.29, 1.82) is 5.26 Å². The number of nitrogens with two attached hydrogens (primary N) is 1. The molecule has 0 atom stereocenters. The van der Waals surface area contributed by atoms with Gasteiger partial charge < -0.3 is 15.8 Å². The van der Waals surface area contributed by atoms with Gasteiger partial charge in [-0.25, -0.2) is 14.4 Å². The Balaban J connectivity index is 2.35. The summed E-state index contributed by atoms with van der Waals surface area (Å²) in [7, 11) is 1.51. The molecule has 1 aromatic carbocycles. The molecule has 0 bridgehead atoms. The summed E-state index contributed by atoms with van der Waals surface area (Å²) >= 11 is 0. The summed E-state index contributed by atoms with van der Waals surface area (Å²) in [5.41, 5.74) is 5.89. The van der Waals surface area contributed by atoms with Gasteiger partial charge in [0.25, 0.3) is 0 Å². The first-order chi connectivity index (χ1) is 9.63. The number of benzene rings is 1. The van der Waals surface area contributed by atoms with Crippen molar-refractivity contribution < 1.29 is 9.13 Å². The molecule has 0 aliphatic carbocycles. The summed E-state index contributed by atoms with van der Waals surface area (Å²) in [5.74, 6) is 0.415. The van der Waals surface area contributed by atoms with Gasteiger partial charge >= 0.3 is 0 Å². The van der Waals surface area contributed by atoms with E-state index in [0.717, 1.165) is 0 Å². The summed E-state index contributed by atoms with van der Waals surface area (Å²) in [6.45, 7) is 0.202. The van der Waals surface area contributed by atoms with Crippen LogP contribution < -0.4 is 11.1 Å². The van der Waals surface area contributed by atoms with Crippen LogP contribution in [0.2, 0.25) is 0 Å². The Labute approximate surface area is 115 Å². The molecular weight excluding hydrogens is 261 g/mol. The molecule has 7 heteroatoms. The van der Waals surface area contributed by atoms with Gasteiger partial charge in [0.15, 0.2) is 5.82 Å². The number of halogens is 1. The van der Waals surface area contributed by atoms with Crippen molar-refractivity contribution in [2.24, 2.45) is 0 Å². The van der Waals surface area contributed by atoms with Crippen LogP contribution in [0.1, 0.15) is 11.4 Å². The molecular formula is C13H12FN5O. The summed E-state index contributed by atoms with van der Waals surface area (Å²) < 4.78 is 18.4. The smallest absolute Gasteiger partial charge is 0.158 e. The number of nitrogens with one attached hydrogen (secondary N) is 1. The van der Waals surface area contributed by atoms with Gasteiger partial charge in [-0.05, 0) is 12.1 Å². The van der Waals surface area contributed by atoms with Gasteiger partial charge in [0.1, 0.15) is 35.7 Å². The second-order valence-electron chi connectivity index (χ2n) is 3.93. The third-order valence-corrected chi connectivity index (χ3v) is 2.45. The molecule has 0 fully saturated rings. The van der Waals surface area contributed by atoms with Crippen molar-refractivity contribution in [2.75, 3.05) is 18.2 Å². The number of hydrogen-bond acceptors (Lipinski definition) is 6. The molecule has 0 spiro atoms. The highest BCUT2D eigenvalue weighted by Gasteiger charge is 2.09. The summed E-state index contributed by atoms with van der Waals surface area (Å²) in [6, 6.07) is 7.59. The predicted octanol–water partition coefficient (Wildman–Crippen LogP) is 1.96. The molecule has 0 saturated heterocycles. The Morgan fingerprint density at radius 2 is 2.25 bits per heavy atom. The fraction of sp³-hybridized carbons (Fsp3) is 0.154. The van der Waals surface area contributed by atoms with Crippen LogP contribution in [0.5, 0.6) is 0 Å². The summed E-state index contributed by atoms with van der Waals surface area (Å²) in [6.07, 6.45) is 0. The van der Waals surface area contributed by atoms with E-state index in [1.54, 1.807) is 12.1 Å². The minimum Gasteiger partial charge on any atom is -0.384 e. The largest absolute Gasteiger partial charge is 0.384 e. The van der Waals surface area contributed by atoms with E-state index in [1.807, 2.05) is 0 Å². The molecule has 0 radical (unpaired) electrons. The minimum absolute atomic E-state index is 0.0852. The summed E-state index contributed by atoms with van der Waals surface area (Å²) in [4.78, 5) is 8.15. The van der Waals surface area contributed by atoms with Gasteiger partial charge in [0, 0.05) is 13.2 Å². The maximum absolute atomic E-state index is 13.5. The molecule has 0 amide bonds. The van der Waals surface area contributed by atoms with E-state index in [4.69, 9.17) is 15.7 Å². The topological polar surface area (TPSA) is 96.9 Å². The minimum atomic E-state index is -0.600. The fourth-order valence-corrected chi connectivity index (χ4v) is 1.66. The van der Waals surface area contributed by atoms with E-state index in [2.05, 4.69) is 15.3 Å². The van der Waals surface area contributed by atoms with Crippen molar-refractivity contribution in [3.8, 4) is 6.07 Å². The molecule has 1 heterocycles. The molecule has 0 aliphatic rings. The van der Waals surface area contributed by atoms with Crippen LogP contribution in [-0.4, -0.2) is 17.1 Å². The second-order valence-corrected chi connectivity index (χ2v) is 3.93. The SMILES string of the molecule is COCc1nc(N)cc(Nc2cccc(F)c2C#N)n1. The Hall–Kier alpha value is -2.72. The molecule has 1 aromatic heterocycles. The normalized spacial score (nSPS) is 10.1. The van der Waals surface area contributed by atoms with Crippen LogP contribution in [0.15, 0.2) is 24.3 Å². The van der Waals surface area contributed by atoms with Gasteiger partial charge in [-0.15, -0.1) is 0 Å². The van der Waals surface area contributed by atoms with Crippen molar-refractivity contribution in [3.05, 3.63) is 41.5 Å². The molecule has 0 saturated carbocycles. The zero-order chi connectivity index (χ0) is 14.5. The molecule has 6 nitrogen and oxygen atoms in total. The third kappa shape index (κ3) is 2.99. The number of ether oxygens (including phenoxy) is 1. The molecule has 102 valence electrons. The number of hydrogen-bond donors (Lipinski definition) is 2. The van der Waals surface area contributed by atoms with Gasteiger partial charge in [-0.1, -0.05) is 6.07 Å². The molecule has 20 heavy (non-hydrogen) atoms. The zero-order valence-corrected chi connectivity index (χ0v) is 10.7. The molecule has 2 rings (SSSR count). The highest BCUT2D eigenvalue weighted by Crippen LogP contribution is 2.22. The van der Waals surface area contributed by atoms with E-state index in [1.165, 1.54) is 25.3 Å². The molecule has 0 unspecified atom stereocenters. The van der Waals surface area contributed by atoms with E-state index < -0.39 is 5.82 Å². The van der Waals surface area contributed by atoms with Gasteiger partial charge in [0.05, 0.1) is 5.69 Å². The average molecular weight is 273 g/mol. The van der Waals surface area contributed by atoms with E-state index in [-0.39, 0.29) is 18.0 Å². The number of nitriles is 1. The standard InChI is InChI=1S/C13H12FN5O/c1-20-7-13-18-11(16)5-12(19-13)17-10-4-2-3-9(14)8(10)6-15/h2-5H,7H2,1H3,(H3,16,17,18,19). The Kier molecular flexibility index (Phi) is 4.08. The van der Waals surface area contributed by atoms with Crippen molar-refractivity contribution >= 4 is 17.3 Å². The van der Waals surface area contributed by atoms with Crippen LogP contribution in [0.25, 0.3) is 0 Å². The number of nitrogens with zero attached hydrogens (tertiary/aromatic N) is 3. The Bertz CT molecular complexity index is 668. The quantitative estimate of drug-likeness (QED) is 0.883. The fourth-order valence-electron chi connectivity index (χ4n) is 1.66. The van der Waals surface area contributed by atoms with Crippen molar-refractivity contribution in [1.82, 2.24) is 9.97 Å². The lowest BCUT2D eigenvalue weighted by Crippen LogP contribution is -2.05. The average Bonchev–Trinajstić information content (AvgIpc) is 2.38. The monoisotopic (exact) mass is 273 g/mol. The van der Waals surface area contributed by atoms with Crippen LogP contribution in [0, 0.1) is 17.1 Å². The summed E-state index contributed by atoms with van der Waals surface area (Å²) in [5, 5.41) is 11.8. The third-order valence-electron chi connectivity index (χ3n) is 2.45. The highest BCUT2D eigenvalue weighted by atomic mass is 19.1. The zero-order valence-electron chi connectivity index (χ0n) is 10.7. The van der Waals surface area contributed by atoms with Gasteiger partial charge in [-0.3, -0.25) is 0 Å². The lowest BCUT2D eigenvalue weighted by atomic mass is 10.2. The molecule has 3 N–H and O–H groups in total. The first kappa shape index (κ1) is 13.7. The highest BCUT2D eigenvalue weighted by molar-refractivity contribution is 5.65. The van der Waals surface area contributed by atoms with Gasteiger partial charge in [-0.2, -0.15) is 5.26 Å². The first-order valence-electron chi connectivity index (χ1n) is 5.72. The van der Waals surface area contributed by atoms with E-state index >= 15 is 0 Å². The van der Waals surface area contributed by atoms with Crippen molar-refractivity contribution in [3.63, 3.8) is 0 Å². The number of anilines is 3. The maximum atomic E-state index is 13.5. The first-order valence-corrected chi connectivity index (χ1v) is 5.72. The van der Waals surface area contributed by atoms with Gasteiger partial charge in [0.2, 0.25) is 0 Å². The predicted molar refractivity (Wildman–Crippen MR) is 71.6 cm³/mol. The number of aromatic nitrogens is 2. The Morgan fingerprint density at radius 1 is 1.45 bits per heavy atom. The second kappa shape index (κ2) is 5.95. The maximum Gasteiger partial charge on any atom is 0.158 e. The van der Waals surface area contributed by atoms with Crippen LogP contribution in [0.3, 0.4) is 0 Å². The van der Waals surface area contributed by atoms with Crippen molar-refractivity contribution in [2.45, 2.75) is 6.61 Å². The lowest BCUT2D eigenvalue weighted by molar-refractivity contribution is 0.178.